The molecule has 2 heterocycles. The van der Waals surface area contributed by atoms with E-state index in [1.54, 1.807) is 23.7 Å². The lowest BCUT2D eigenvalue weighted by molar-refractivity contribution is 0.347. The molecular weight excluding hydrogens is 391 g/mol. The van der Waals surface area contributed by atoms with Crippen LogP contribution in [0.4, 0.5) is 4.39 Å². The number of halogens is 1. The monoisotopic (exact) mass is 420 g/mol. The number of aromatic nitrogens is 2. The second-order valence-electron chi connectivity index (χ2n) is 9.23. The first kappa shape index (κ1) is 20.5. The number of hydrogen-bond donors (Lipinski definition) is 1. The summed E-state index contributed by atoms with van der Waals surface area (Å²) < 4.78 is 42.8. The maximum atomic E-state index is 13.4. The van der Waals surface area contributed by atoms with E-state index in [2.05, 4.69) is 24.1 Å². The summed E-state index contributed by atoms with van der Waals surface area (Å²) in [4.78, 5) is 4.05. The highest BCUT2D eigenvalue weighted by Gasteiger charge is 2.42. The van der Waals surface area contributed by atoms with Gasteiger partial charge in [-0.1, -0.05) is 26.0 Å². The Bertz CT molecular complexity index is 971. The summed E-state index contributed by atoms with van der Waals surface area (Å²) in [7, 11) is -1.92. The van der Waals surface area contributed by atoms with Gasteiger partial charge in [-0.2, -0.15) is 4.31 Å². The quantitative estimate of drug-likeness (QED) is 0.808. The molecule has 0 bridgehead atoms. The standard InChI is InChI=1S/C21H29FN4O2S/c1-21(2)9-8-17(10-21)24-19-12-26(29(27,28)20-13-25(3)14-23-20)11-18(19)15-4-6-16(22)7-5-15/h4-7,13-14,17-19,24H,8-12H2,1-3H3/t17?,18-,19+/m1/s1. The molecule has 8 heteroatoms. The number of imidazole rings is 1. The molecule has 158 valence electrons. The Morgan fingerprint density at radius 1 is 1.21 bits per heavy atom. The third-order valence-corrected chi connectivity index (χ3v) is 8.01. The minimum absolute atomic E-state index is 0.0159. The van der Waals surface area contributed by atoms with Crippen molar-refractivity contribution in [3.05, 3.63) is 48.2 Å². The molecule has 1 saturated heterocycles. The summed E-state index contributed by atoms with van der Waals surface area (Å²) in [5, 5.41) is 3.80. The molecule has 4 rings (SSSR count). The molecule has 2 aliphatic rings. The first-order valence-electron chi connectivity index (χ1n) is 10.1. The number of rotatable bonds is 5. The van der Waals surface area contributed by atoms with Crippen molar-refractivity contribution in [1.82, 2.24) is 19.2 Å². The lowest BCUT2D eigenvalue weighted by Gasteiger charge is -2.25. The lowest BCUT2D eigenvalue weighted by atomic mass is 9.91. The fraction of sp³-hybridized carbons (Fsp3) is 0.571. The van der Waals surface area contributed by atoms with Crippen molar-refractivity contribution in [1.29, 1.82) is 0 Å². The van der Waals surface area contributed by atoms with E-state index in [0.29, 0.717) is 24.5 Å². The van der Waals surface area contributed by atoms with Gasteiger partial charge < -0.3 is 9.88 Å². The van der Waals surface area contributed by atoms with Gasteiger partial charge in [-0.05, 0) is 42.4 Å². The fourth-order valence-corrected chi connectivity index (χ4v) is 6.17. The van der Waals surface area contributed by atoms with Crippen LogP contribution < -0.4 is 5.32 Å². The largest absolute Gasteiger partial charge is 0.339 e. The molecule has 6 nitrogen and oxygen atoms in total. The molecule has 1 aromatic heterocycles. The van der Waals surface area contributed by atoms with Crippen molar-refractivity contribution in [2.24, 2.45) is 12.5 Å². The Balaban J connectivity index is 1.59. The van der Waals surface area contributed by atoms with Crippen LogP contribution >= 0.6 is 0 Å². The van der Waals surface area contributed by atoms with Crippen molar-refractivity contribution in [2.45, 2.75) is 56.1 Å². The molecule has 3 atom stereocenters. The molecule has 0 spiro atoms. The minimum atomic E-state index is -3.67. The number of aryl methyl sites for hydroxylation is 1. The van der Waals surface area contributed by atoms with Crippen LogP contribution in [0.3, 0.4) is 0 Å². The van der Waals surface area contributed by atoms with Crippen molar-refractivity contribution >= 4 is 10.0 Å². The van der Waals surface area contributed by atoms with Gasteiger partial charge in [-0.3, -0.25) is 0 Å². The molecule has 0 amide bonds. The highest BCUT2D eigenvalue weighted by molar-refractivity contribution is 7.89. The Labute approximate surface area is 172 Å². The third-order valence-electron chi connectivity index (χ3n) is 6.29. The second kappa shape index (κ2) is 7.49. The van der Waals surface area contributed by atoms with E-state index < -0.39 is 10.0 Å². The van der Waals surface area contributed by atoms with Gasteiger partial charge in [-0.25, -0.2) is 17.8 Å². The predicted octanol–water partition coefficient (Wildman–Crippen LogP) is 2.88. The molecule has 1 aliphatic heterocycles. The summed E-state index contributed by atoms with van der Waals surface area (Å²) >= 11 is 0. The van der Waals surface area contributed by atoms with E-state index in [0.717, 1.165) is 24.8 Å². The van der Waals surface area contributed by atoms with Gasteiger partial charge in [0.25, 0.3) is 10.0 Å². The molecule has 2 fully saturated rings. The molecule has 1 unspecified atom stereocenters. The molecular formula is C21H29FN4O2S. The SMILES string of the molecule is Cn1cnc(S(=O)(=O)N2C[C@H](NC3CCC(C)(C)C3)[C@@H](c3ccc(F)cc3)C2)c1. The van der Waals surface area contributed by atoms with Gasteiger partial charge in [0.2, 0.25) is 0 Å². The Hall–Kier alpha value is -1.77. The van der Waals surface area contributed by atoms with Gasteiger partial charge in [0.1, 0.15) is 5.82 Å². The third kappa shape index (κ3) is 4.25. The summed E-state index contributed by atoms with van der Waals surface area (Å²) in [5.74, 6) is -0.315. The summed E-state index contributed by atoms with van der Waals surface area (Å²) in [6.07, 6.45) is 6.35. The van der Waals surface area contributed by atoms with E-state index >= 15 is 0 Å². The van der Waals surface area contributed by atoms with E-state index in [4.69, 9.17) is 0 Å². The maximum Gasteiger partial charge on any atom is 0.262 e. The van der Waals surface area contributed by atoms with Crippen LogP contribution in [0.5, 0.6) is 0 Å². The molecule has 1 aliphatic carbocycles. The first-order chi connectivity index (χ1) is 13.6. The smallest absolute Gasteiger partial charge is 0.262 e. The summed E-state index contributed by atoms with van der Waals surface area (Å²) in [6, 6.07) is 6.78. The number of hydrogen-bond acceptors (Lipinski definition) is 4. The summed E-state index contributed by atoms with van der Waals surface area (Å²) in [5.41, 5.74) is 1.27. The van der Waals surface area contributed by atoms with Gasteiger partial charge in [0.05, 0.1) is 6.33 Å². The van der Waals surface area contributed by atoms with E-state index in [-0.39, 0.29) is 22.8 Å². The van der Waals surface area contributed by atoms with Gasteiger partial charge in [0.15, 0.2) is 5.03 Å². The Morgan fingerprint density at radius 2 is 1.93 bits per heavy atom. The van der Waals surface area contributed by atoms with Gasteiger partial charge in [0, 0.05) is 44.3 Å². The van der Waals surface area contributed by atoms with Crippen LogP contribution in [0.2, 0.25) is 0 Å². The average Bonchev–Trinajstić information content (AvgIpc) is 3.35. The number of benzene rings is 1. The average molecular weight is 421 g/mol. The summed E-state index contributed by atoms with van der Waals surface area (Å²) in [6.45, 7) is 5.30. The number of sulfonamides is 1. The van der Waals surface area contributed by atoms with Crippen molar-refractivity contribution in [3.63, 3.8) is 0 Å². The van der Waals surface area contributed by atoms with Gasteiger partial charge >= 0.3 is 0 Å². The fourth-order valence-electron chi connectivity index (χ4n) is 4.72. The van der Waals surface area contributed by atoms with Crippen LogP contribution in [0, 0.1) is 11.2 Å². The van der Waals surface area contributed by atoms with Crippen molar-refractivity contribution < 1.29 is 12.8 Å². The highest BCUT2D eigenvalue weighted by atomic mass is 32.2. The molecule has 1 N–H and O–H groups in total. The molecule has 1 aromatic carbocycles. The van der Waals surface area contributed by atoms with Crippen LogP contribution in [-0.4, -0.2) is 47.4 Å². The Kier molecular flexibility index (Phi) is 5.29. The Morgan fingerprint density at radius 3 is 2.52 bits per heavy atom. The van der Waals surface area contributed by atoms with Crippen LogP contribution in [0.15, 0.2) is 41.8 Å². The molecule has 1 saturated carbocycles. The minimum Gasteiger partial charge on any atom is -0.339 e. The first-order valence-corrected chi connectivity index (χ1v) is 11.6. The zero-order valence-corrected chi connectivity index (χ0v) is 18.0. The zero-order chi connectivity index (χ0) is 20.8. The molecule has 29 heavy (non-hydrogen) atoms. The van der Waals surface area contributed by atoms with Gasteiger partial charge in [-0.15, -0.1) is 0 Å². The maximum absolute atomic E-state index is 13.4. The number of nitrogens with one attached hydrogen (secondary N) is 1. The predicted molar refractivity (Wildman–Crippen MR) is 109 cm³/mol. The van der Waals surface area contributed by atoms with Crippen LogP contribution in [0.25, 0.3) is 0 Å². The highest BCUT2D eigenvalue weighted by Crippen LogP contribution is 2.39. The zero-order valence-electron chi connectivity index (χ0n) is 17.2. The van der Waals surface area contributed by atoms with Crippen LogP contribution in [0.1, 0.15) is 44.6 Å². The normalized spacial score (nSPS) is 27.5. The van der Waals surface area contributed by atoms with E-state index in [9.17, 15) is 12.8 Å². The van der Waals surface area contributed by atoms with E-state index in [1.807, 2.05) is 0 Å². The lowest BCUT2D eigenvalue weighted by Crippen LogP contribution is -2.42. The topological polar surface area (TPSA) is 67.2 Å². The van der Waals surface area contributed by atoms with E-state index in [1.165, 1.54) is 29.0 Å². The van der Waals surface area contributed by atoms with Crippen LogP contribution in [-0.2, 0) is 17.1 Å². The molecule has 0 radical (unpaired) electrons. The van der Waals surface area contributed by atoms with Crippen molar-refractivity contribution in [2.75, 3.05) is 13.1 Å². The number of nitrogens with zero attached hydrogens (tertiary/aromatic N) is 3. The second-order valence-corrected chi connectivity index (χ2v) is 11.1. The molecule has 2 aromatic rings. The van der Waals surface area contributed by atoms with Crippen molar-refractivity contribution in [3.8, 4) is 0 Å².